The summed E-state index contributed by atoms with van der Waals surface area (Å²) in [5.41, 5.74) is 0.128. The van der Waals surface area contributed by atoms with E-state index >= 15 is 0 Å². The van der Waals surface area contributed by atoms with Gasteiger partial charge in [0, 0.05) is 12.1 Å². The van der Waals surface area contributed by atoms with Gasteiger partial charge in [0.1, 0.15) is 0 Å². The highest BCUT2D eigenvalue weighted by Crippen LogP contribution is 2.33. The third-order valence-corrected chi connectivity index (χ3v) is 3.92. The number of nitro benzene ring substituents is 1. The van der Waals surface area contributed by atoms with Gasteiger partial charge in [-0.1, -0.05) is 48.5 Å². The quantitative estimate of drug-likeness (QED) is 0.276. The highest BCUT2D eigenvalue weighted by Gasteiger charge is 2.10. The number of hydrogen-bond donors (Lipinski definition) is 0. The Morgan fingerprint density at radius 3 is 2.10 bits per heavy atom. The van der Waals surface area contributed by atoms with Gasteiger partial charge >= 0.3 is 0 Å². The predicted octanol–water partition coefficient (Wildman–Crippen LogP) is 5.05. The normalized spacial score (nSPS) is 11.2. The van der Waals surface area contributed by atoms with E-state index in [2.05, 4.69) is 30.3 Å². The van der Waals surface area contributed by atoms with Crippen LogP contribution in [0.25, 0.3) is 32.3 Å². The maximum Gasteiger partial charge on any atom is 0.270 e. The molecule has 0 atom stereocenters. The van der Waals surface area contributed by atoms with Crippen molar-refractivity contribution in [3.05, 3.63) is 76.8 Å². The molecule has 0 saturated carbocycles. The summed E-state index contributed by atoms with van der Waals surface area (Å²) in [6.07, 6.45) is 0. The molecule has 0 unspecified atom stereocenters. The molecule has 4 aromatic rings. The fourth-order valence-electron chi connectivity index (χ4n) is 2.93. The molecule has 0 bridgehead atoms. The van der Waals surface area contributed by atoms with Crippen LogP contribution in [0, 0.1) is 10.1 Å². The average molecular weight is 273 g/mol. The van der Waals surface area contributed by atoms with Crippen LogP contribution in [0.5, 0.6) is 0 Å². The van der Waals surface area contributed by atoms with E-state index < -0.39 is 0 Å². The van der Waals surface area contributed by atoms with Gasteiger partial charge in [-0.2, -0.15) is 0 Å². The summed E-state index contributed by atoms with van der Waals surface area (Å²) < 4.78 is 0. The predicted molar refractivity (Wildman–Crippen MR) is 85.6 cm³/mol. The van der Waals surface area contributed by atoms with Crippen molar-refractivity contribution in [3.8, 4) is 0 Å². The van der Waals surface area contributed by atoms with Gasteiger partial charge in [-0.05, 0) is 38.4 Å². The standard InChI is InChI=1S/C18H11NO2/c20-19(21)15-10-9-13-6-8-14-7-5-12-3-1-2-4-16(12)18(14)17(13)11-15/h1-11H. The molecule has 21 heavy (non-hydrogen) atoms. The molecule has 0 aliphatic carbocycles. The van der Waals surface area contributed by atoms with E-state index in [4.69, 9.17) is 0 Å². The maximum absolute atomic E-state index is 11.0. The zero-order valence-electron chi connectivity index (χ0n) is 11.1. The molecule has 0 aliphatic rings. The molecule has 4 aromatic carbocycles. The smallest absolute Gasteiger partial charge is 0.258 e. The van der Waals surface area contributed by atoms with E-state index in [1.54, 1.807) is 12.1 Å². The first-order chi connectivity index (χ1) is 10.2. The summed E-state index contributed by atoms with van der Waals surface area (Å²) in [5.74, 6) is 0. The molecule has 100 valence electrons. The molecule has 4 rings (SSSR count). The molecule has 0 radical (unpaired) electrons. The minimum atomic E-state index is -0.344. The third-order valence-electron chi connectivity index (χ3n) is 3.92. The minimum absolute atomic E-state index is 0.128. The Morgan fingerprint density at radius 1 is 0.714 bits per heavy atom. The largest absolute Gasteiger partial charge is 0.270 e. The topological polar surface area (TPSA) is 43.1 Å². The maximum atomic E-state index is 11.0. The fraction of sp³-hybridized carbons (Fsp3) is 0. The molecule has 0 spiro atoms. The Labute approximate surface area is 120 Å². The van der Waals surface area contributed by atoms with E-state index in [1.165, 1.54) is 0 Å². The average Bonchev–Trinajstić information content (AvgIpc) is 2.53. The van der Waals surface area contributed by atoms with Crippen molar-refractivity contribution in [2.45, 2.75) is 0 Å². The van der Waals surface area contributed by atoms with Crippen LogP contribution in [0.1, 0.15) is 0 Å². The molecular formula is C18H11NO2. The Morgan fingerprint density at radius 2 is 1.33 bits per heavy atom. The summed E-state index contributed by atoms with van der Waals surface area (Å²) in [6, 6.07) is 21.4. The Hall–Kier alpha value is -2.94. The minimum Gasteiger partial charge on any atom is -0.258 e. The van der Waals surface area contributed by atoms with Gasteiger partial charge < -0.3 is 0 Å². The molecule has 3 nitrogen and oxygen atoms in total. The van der Waals surface area contributed by atoms with E-state index in [0.717, 1.165) is 32.3 Å². The summed E-state index contributed by atoms with van der Waals surface area (Å²) in [5, 5.41) is 17.4. The van der Waals surface area contributed by atoms with Crippen molar-refractivity contribution in [1.29, 1.82) is 0 Å². The van der Waals surface area contributed by atoms with E-state index in [-0.39, 0.29) is 10.6 Å². The van der Waals surface area contributed by atoms with Crippen LogP contribution >= 0.6 is 0 Å². The first-order valence-electron chi connectivity index (χ1n) is 6.73. The van der Waals surface area contributed by atoms with E-state index in [0.29, 0.717) is 0 Å². The summed E-state index contributed by atoms with van der Waals surface area (Å²) in [4.78, 5) is 10.7. The molecule has 0 aliphatic heterocycles. The fourth-order valence-corrected chi connectivity index (χ4v) is 2.93. The van der Waals surface area contributed by atoms with Crippen molar-refractivity contribution in [3.63, 3.8) is 0 Å². The van der Waals surface area contributed by atoms with Crippen LogP contribution < -0.4 is 0 Å². The summed E-state index contributed by atoms with van der Waals surface area (Å²) >= 11 is 0. The zero-order valence-corrected chi connectivity index (χ0v) is 11.1. The molecule has 0 saturated heterocycles. The van der Waals surface area contributed by atoms with Crippen molar-refractivity contribution < 1.29 is 4.92 Å². The SMILES string of the molecule is O=[N+]([O-])c1ccc2ccc3ccc4ccccc4c3c2c1. The Bertz CT molecular complexity index is 1020. The molecule has 3 heteroatoms. The van der Waals surface area contributed by atoms with Crippen LogP contribution in [0.15, 0.2) is 66.7 Å². The number of nitrogens with zero attached hydrogens (tertiary/aromatic N) is 1. The Balaban J connectivity index is 2.27. The molecule has 0 aromatic heterocycles. The van der Waals surface area contributed by atoms with Gasteiger partial charge in [0.25, 0.3) is 5.69 Å². The lowest BCUT2D eigenvalue weighted by Gasteiger charge is -2.08. The van der Waals surface area contributed by atoms with Crippen molar-refractivity contribution in [2.75, 3.05) is 0 Å². The van der Waals surface area contributed by atoms with Crippen molar-refractivity contribution in [1.82, 2.24) is 0 Å². The lowest BCUT2D eigenvalue weighted by molar-refractivity contribution is -0.384. The number of nitro groups is 1. The van der Waals surface area contributed by atoms with Crippen molar-refractivity contribution >= 4 is 38.0 Å². The molecule has 0 amide bonds. The third kappa shape index (κ3) is 1.75. The lowest BCUT2D eigenvalue weighted by atomic mass is 9.96. The molecular weight excluding hydrogens is 262 g/mol. The lowest BCUT2D eigenvalue weighted by Crippen LogP contribution is -1.88. The second kappa shape index (κ2) is 4.28. The molecule has 0 N–H and O–H groups in total. The number of fused-ring (bicyclic) bond motifs is 5. The highest BCUT2D eigenvalue weighted by atomic mass is 16.6. The zero-order chi connectivity index (χ0) is 14.4. The number of hydrogen-bond acceptors (Lipinski definition) is 2. The van der Waals surface area contributed by atoms with Gasteiger partial charge in [0.05, 0.1) is 4.92 Å². The van der Waals surface area contributed by atoms with E-state index in [1.807, 2.05) is 24.3 Å². The van der Waals surface area contributed by atoms with E-state index in [9.17, 15) is 10.1 Å². The molecule has 0 heterocycles. The Kier molecular flexibility index (Phi) is 2.42. The molecule has 0 fully saturated rings. The van der Waals surface area contributed by atoms with Gasteiger partial charge in [-0.15, -0.1) is 0 Å². The van der Waals surface area contributed by atoms with Gasteiger partial charge in [-0.3, -0.25) is 10.1 Å². The first-order valence-corrected chi connectivity index (χ1v) is 6.73. The van der Waals surface area contributed by atoms with Crippen LogP contribution in [0.4, 0.5) is 5.69 Å². The highest BCUT2D eigenvalue weighted by molar-refractivity contribution is 6.20. The number of non-ortho nitro benzene ring substituents is 1. The van der Waals surface area contributed by atoms with Gasteiger partial charge in [0.2, 0.25) is 0 Å². The van der Waals surface area contributed by atoms with Crippen LogP contribution in [0.2, 0.25) is 0 Å². The first kappa shape index (κ1) is 11.9. The number of rotatable bonds is 1. The van der Waals surface area contributed by atoms with Crippen LogP contribution in [0.3, 0.4) is 0 Å². The summed E-state index contributed by atoms with van der Waals surface area (Å²) in [6.45, 7) is 0. The number of benzene rings is 4. The summed E-state index contributed by atoms with van der Waals surface area (Å²) in [7, 11) is 0. The monoisotopic (exact) mass is 273 g/mol. The van der Waals surface area contributed by atoms with Gasteiger partial charge in [0.15, 0.2) is 0 Å². The van der Waals surface area contributed by atoms with Gasteiger partial charge in [-0.25, -0.2) is 0 Å². The second-order valence-electron chi connectivity index (χ2n) is 5.11. The van der Waals surface area contributed by atoms with Crippen molar-refractivity contribution in [2.24, 2.45) is 0 Å². The van der Waals surface area contributed by atoms with Crippen LogP contribution in [-0.2, 0) is 0 Å². The second-order valence-corrected chi connectivity index (χ2v) is 5.11. The van der Waals surface area contributed by atoms with Crippen LogP contribution in [-0.4, -0.2) is 4.92 Å².